The molecule has 0 aliphatic carbocycles. The number of aromatic nitrogens is 3. The topological polar surface area (TPSA) is 82.2 Å². The molecule has 0 saturated heterocycles. The van der Waals surface area contributed by atoms with E-state index < -0.39 is 5.91 Å². The van der Waals surface area contributed by atoms with Crippen molar-refractivity contribution in [2.45, 2.75) is 13.2 Å². The molecule has 0 radical (unpaired) electrons. The summed E-state index contributed by atoms with van der Waals surface area (Å²) in [6.07, 6.45) is 1.53. The number of ether oxygens (including phenoxy) is 1. The molecule has 4 rings (SSSR count). The Morgan fingerprint density at radius 3 is 2.70 bits per heavy atom. The summed E-state index contributed by atoms with van der Waals surface area (Å²) in [6.45, 7) is 0.664. The summed E-state index contributed by atoms with van der Waals surface area (Å²) >= 11 is 11.8. The maximum atomic E-state index is 12.4. The maximum absolute atomic E-state index is 12.4. The molecule has 0 atom stereocenters. The molecule has 0 unspecified atom stereocenters. The number of halogens is 2. The molecule has 9 heteroatoms. The summed E-state index contributed by atoms with van der Waals surface area (Å²) < 4.78 is 12.7. The fourth-order valence-electron chi connectivity index (χ4n) is 2.68. The van der Waals surface area contributed by atoms with Gasteiger partial charge in [-0.05, 0) is 54.1 Å². The zero-order chi connectivity index (χ0) is 20.9. The van der Waals surface area contributed by atoms with Crippen LogP contribution in [0.5, 0.6) is 5.75 Å². The predicted molar refractivity (Wildman–Crippen MR) is 113 cm³/mol. The summed E-state index contributed by atoms with van der Waals surface area (Å²) in [5.41, 5.74) is 0.974. The Balaban J connectivity index is 1.33. The Kier molecular flexibility index (Phi) is 6.02. The highest BCUT2D eigenvalue weighted by Crippen LogP contribution is 2.18. The number of furan rings is 1. The molecular formula is C21H16Cl2N4O3. The average Bonchev–Trinajstić information content (AvgIpc) is 3.37. The van der Waals surface area contributed by atoms with Crippen molar-refractivity contribution in [2.24, 2.45) is 0 Å². The number of carbonyl (C=O) groups is 1. The quantitative estimate of drug-likeness (QED) is 0.432. The van der Waals surface area contributed by atoms with Gasteiger partial charge in [0, 0.05) is 10.0 Å². The van der Waals surface area contributed by atoms with Gasteiger partial charge in [0.2, 0.25) is 5.95 Å². The van der Waals surface area contributed by atoms with E-state index in [1.54, 1.807) is 47.1 Å². The highest BCUT2D eigenvalue weighted by atomic mass is 35.5. The number of anilines is 1. The van der Waals surface area contributed by atoms with Gasteiger partial charge in [-0.3, -0.25) is 10.1 Å². The number of benzene rings is 2. The molecule has 1 amide bonds. The maximum Gasteiger partial charge on any atom is 0.293 e. The predicted octanol–water partition coefficient (Wildman–Crippen LogP) is 5.06. The van der Waals surface area contributed by atoms with Crippen LogP contribution in [0.1, 0.15) is 21.9 Å². The van der Waals surface area contributed by atoms with Gasteiger partial charge < -0.3 is 9.15 Å². The number of hydrogen-bond donors (Lipinski definition) is 1. The smallest absolute Gasteiger partial charge is 0.293 e. The Bertz CT molecular complexity index is 1160. The van der Waals surface area contributed by atoms with Crippen LogP contribution in [0.4, 0.5) is 5.95 Å². The second-order valence-corrected chi connectivity index (χ2v) is 7.23. The van der Waals surface area contributed by atoms with Crippen LogP contribution in [0.3, 0.4) is 0 Å². The molecule has 152 valence electrons. The number of amides is 1. The minimum absolute atomic E-state index is 0.135. The van der Waals surface area contributed by atoms with Crippen LogP contribution in [0, 0.1) is 0 Å². The lowest BCUT2D eigenvalue weighted by molar-refractivity contribution is 0.0991. The Hall–Kier alpha value is -3.29. The molecule has 2 heterocycles. The van der Waals surface area contributed by atoms with Crippen molar-refractivity contribution in [3.05, 3.63) is 94.1 Å². The molecule has 30 heavy (non-hydrogen) atoms. The van der Waals surface area contributed by atoms with E-state index in [9.17, 15) is 4.79 Å². The lowest BCUT2D eigenvalue weighted by Crippen LogP contribution is -2.12. The second kappa shape index (κ2) is 9.02. The summed E-state index contributed by atoms with van der Waals surface area (Å²) in [5, 5.41) is 8.13. The molecule has 0 fully saturated rings. The minimum atomic E-state index is -0.451. The van der Waals surface area contributed by atoms with Gasteiger partial charge in [-0.2, -0.15) is 0 Å². The molecule has 0 aliphatic heterocycles. The van der Waals surface area contributed by atoms with Crippen molar-refractivity contribution in [3.8, 4) is 5.75 Å². The van der Waals surface area contributed by atoms with Crippen LogP contribution < -0.4 is 10.1 Å². The van der Waals surface area contributed by atoms with E-state index in [1.807, 2.05) is 18.2 Å². The summed E-state index contributed by atoms with van der Waals surface area (Å²) in [6, 6.07) is 17.7. The number of rotatable bonds is 7. The van der Waals surface area contributed by atoms with Crippen LogP contribution in [-0.4, -0.2) is 20.7 Å². The number of nitrogens with zero attached hydrogens (tertiary/aromatic N) is 3. The third-order valence-electron chi connectivity index (χ3n) is 4.08. The summed E-state index contributed by atoms with van der Waals surface area (Å²) in [4.78, 5) is 16.5. The van der Waals surface area contributed by atoms with Gasteiger partial charge in [0.05, 0.1) is 6.54 Å². The summed E-state index contributed by atoms with van der Waals surface area (Å²) in [5.74, 6) is 1.02. The molecule has 0 spiro atoms. The Morgan fingerprint density at radius 2 is 1.90 bits per heavy atom. The van der Waals surface area contributed by atoms with E-state index in [0.29, 0.717) is 28.1 Å². The molecule has 2 aromatic heterocycles. The molecule has 1 N–H and O–H groups in total. The lowest BCUT2D eigenvalue weighted by atomic mass is 10.2. The number of nitrogens with one attached hydrogen (secondary N) is 1. The Labute approximate surface area is 182 Å². The van der Waals surface area contributed by atoms with Crippen LogP contribution in [0.15, 0.2) is 71.4 Å². The van der Waals surface area contributed by atoms with E-state index in [1.165, 1.54) is 6.33 Å². The van der Waals surface area contributed by atoms with E-state index in [-0.39, 0.29) is 18.3 Å². The van der Waals surface area contributed by atoms with Crippen molar-refractivity contribution in [1.29, 1.82) is 0 Å². The Morgan fingerprint density at radius 1 is 1.07 bits per heavy atom. The van der Waals surface area contributed by atoms with E-state index in [0.717, 1.165) is 5.56 Å². The standard InChI is InChI=1S/C21H16Cl2N4O3/c22-15-4-6-17(7-5-15)29-12-18-8-9-19(30-18)20(28)25-21-24-13-27(26-21)11-14-2-1-3-16(23)10-14/h1-10,13H,11-12H2,(H,25,26,28). The molecule has 7 nitrogen and oxygen atoms in total. The molecule has 0 aliphatic rings. The number of hydrogen-bond acceptors (Lipinski definition) is 5. The molecule has 0 bridgehead atoms. The fourth-order valence-corrected chi connectivity index (χ4v) is 3.02. The van der Waals surface area contributed by atoms with Gasteiger partial charge in [-0.15, -0.1) is 5.10 Å². The SMILES string of the molecule is O=C(Nc1ncn(Cc2cccc(Cl)c2)n1)c1ccc(COc2ccc(Cl)cc2)o1. The van der Waals surface area contributed by atoms with Crippen LogP contribution >= 0.6 is 23.2 Å². The zero-order valence-corrected chi connectivity index (χ0v) is 17.1. The first-order chi connectivity index (χ1) is 14.5. The average molecular weight is 443 g/mol. The van der Waals surface area contributed by atoms with Crippen molar-refractivity contribution in [2.75, 3.05) is 5.32 Å². The first kappa shape index (κ1) is 20.0. The van der Waals surface area contributed by atoms with E-state index in [4.69, 9.17) is 32.4 Å². The fraction of sp³-hybridized carbons (Fsp3) is 0.0952. The molecule has 2 aromatic carbocycles. The van der Waals surface area contributed by atoms with Crippen LogP contribution in [-0.2, 0) is 13.2 Å². The third-order valence-corrected chi connectivity index (χ3v) is 4.56. The van der Waals surface area contributed by atoms with Gasteiger partial charge in [-0.1, -0.05) is 35.3 Å². The van der Waals surface area contributed by atoms with Crippen LogP contribution in [0.2, 0.25) is 10.0 Å². The molecule has 0 saturated carbocycles. The van der Waals surface area contributed by atoms with Gasteiger partial charge in [-0.25, -0.2) is 9.67 Å². The van der Waals surface area contributed by atoms with Crippen LogP contribution in [0.25, 0.3) is 0 Å². The number of carbonyl (C=O) groups excluding carboxylic acids is 1. The van der Waals surface area contributed by atoms with E-state index >= 15 is 0 Å². The van der Waals surface area contributed by atoms with Gasteiger partial charge in [0.15, 0.2) is 5.76 Å². The van der Waals surface area contributed by atoms with Crippen molar-refractivity contribution in [1.82, 2.24) is 14.8 Å². The first-order valence-electron chi connectivity index (χ1n) is 8.97. The second-order valence-electron chi connectivity index (χ2n) is 6.36. The third kappa shape index (κ3) is 5.20. The van der Waals surface area contributed by atoms with Gasteiger partial charge >= 0.3 is 0 Å². The highest BCUT2D eigenvalue weighted by Gasteiger charge is 2.14. The van der Waals surface area contributed by atoms with Gasteiger partial charge in [0.1, 0.15) is 24.4 Å². The largest absolute Gasteiger partial charge is 0.486 e. The molecular weight excluding hydrogens is 427 g/mol. The van der Waals surface area contributed by atoms with Crippen molar-refractivity contribution < 1.29 is 13.9 Å². The molecule has 4 aromatic rings. The lowest BCUT2D eigenvalue weighted by Gasteiger charge is -2.04. The van der Waals surface area contributed by atoms with Gasteiger partial charge in [0.25, 0.3) is 5.91 Å². The highest BCUT2D eigenvalue weighted by molar-refractivity contribution is 6.30. The summed E-state index contributed by atoms with van der Waals surface area (Å²) in [7, 11) is 0. The normalized spacial score (nSPS) is 10.7. The minimum Gasteiger partial charge on any atom is -0.486 e. The monoisotopic (exact) mass is 442 g/mol. The first-order valence-corrected chi connectivity index (χ1v) is 9.73. The zero-order valence-electron chi connectivity index (χ0n) is 15.6. The van der Waals surface area contributed by atoms with Crippen molar-refractivity contribution >= 4 is 35.1 Å². The van der Waals surface area contributed by atoms with E-state index in [2.05, 4.69) is 15.4 Å². The van der Waals surface area contributed by atoms with Crippen molar-refractivity contribution in [3.63, 3.8) is 0 Å².